The van der Waals surface area contributed by atoms with Crippen LogP contribution in [0.25, 0.3) is 0 Å². The Balaban J connectivity index is 1.54. The molecule has 0 saturated carbocycles. The first kappa shape index (κ1) is 16.7. The van der Waals surface area contributed by atoms with Gasteiger partial charge in [0.1, 0.15) is 0 Å². The molecule has 0 aromatic carbocycles. The smallest absolute Gasteiger partial charge is 0.193 e. The van der Waals surface area contributed by atoms with Crippen molar-refractivity contribution in [3.05, 3.63) is 15.6 Å². The van der Waals surface area contributed by atoms with Crippen molar-refractivity contribution in [1.82, 2.24) is 20.1 Å². The van der Waals surface area contributed by atoms with Gasteiger partial charge in [0.15, 0.2) is 5.96 Å². The molecule has 128 valence electrons. The van der Waals surface area contributed by atoms with Gasteiger partial charge in [0, 0.05) is 44.1 Å². The SMILES string of the molecule is CN=C(NCc1sc(C)nc1C)N1CCC(N2CCOCC2)C1. The van der Waals surface area contributed by atoms with Gasteiger partial charge in [-0.2, -0.15) is 0 Å². The highest BCUT2D eigenvalue weighted by Gasteiger charge is 2.30. The molecule has 2 aliphatic rings. The number of thiazole rings is 1. The summed E-state index contributed by atoms with van der Waals surface area (Å²) < 4.78 is 5.46. The Morgan fingerprint density at radius 3 is 2.78 bits per heavy atom. The van der Waals surface area contributed by atoms with Crippen molar-refractivity contribution in [2.45, 2.75) is 32.9 Å². The third-order valence-electron chi connectivity index (χ3n) is 4.64. The lowest BCUT2D eigenvalue weighted by Crippen LogP contribution is -2.46. The van der Waals surface area contributed by atoms with E-state index in [4.69, 9.17) is 4.74 Å². The average Bonchev–Trinajstić information content (AvgIpc) is 3.16. The number of guanidine groups is 1. The van der Waals surface area contributed by atoms with Gasteiger partial charge in [-0.05, 0) is 20.3 Å². The predicted molar refractivity (Wildman–Crippen MR) is 94.2 cm³/mol. The Morgan fingerprint density at radius 1 is 1.35 bits per heavy atom. The quantitative estimate of drug-likeness (QED) is 0.664. The second kappa shape index (κ2) is 7.59. The molecule has 7 heteroatoms. The van der Waals surface area contributed by atoms with Crippen molar-refractivity contribution in [3.63, 3.8) is 0 Å². The zero-order valence-electron chi connectivity index (χ0n) is 14.3. The molecule has 2 saturated heterocycles. The summed E-state index contributed by atoms with van der Waals surface area (Å²) in [5.74, 6) is 1.01. The Kier molecular flexibility index (Phi) is 5.50. The van der Waals surface area contributed by atoms with Crippen LogP contribution in [0, 0.1) is 13.8 Å². The normalized spacial score (nSPS) is 23.5. The average molecular weight is 337 g/mol. The van der Waals surface area contributed by atoms with Crippen LogP contribution in [0.15, 0.2) is 4.99 Å². The minimum absolute atomic E-state index is 0.629. The first-order valence-electron chi connectivity index (χ1n) is 8.37. The highest BCUT2D eigenvalue weighted by Crippen LogP contribution is 2.19. The molecule has 2 fully saturated rings. The van der Waals surface area contributed by atoms with E-state index >= 15 is 0 Å². The van der Waals surface area contributed by atoms with E-state index in [1.54, 1.807) is 11.3 Å². The van der Waals surface area contributed by atoms with E-state index in [0.717, 1.165) is 62.6 Å². The highest BCUT2D eigenvalue weighted by molar-refractivity contribution is 7.11. The van der Waals surface area contributed by atoms with Crippen molar-refractivity contribution >= 4 is 17.3 Å². The van der Waals surface area contributed by atoms with Gasteiger partial charge in [-0.3, -0.25) is 9.89 Å². The van der Waals surface area contributed by atoms with Crippen LogP contribution in [0.5, 0.6) is 0 Å². The number of aryl methyl sites for hydroxylation is 2. The molecule has 0 aliphatic carbocycles. The van der Waals surface area contributed by atoms with E-state index in [-0.39, 0.29) is 0 Å². The van der Waals surface area contributed by atoms with Gasteiger partial charge >= 0.3 is 0 Å². The molecule has 0 bridgehead atoms. The molecule has 0 amide bonds. The van der Waals surface area contributed by atoms with Crippen molar-refractivity contribution in [2.75, 3.05) is 46.4 Å². The van der Waals surface area contributed by atoms with Crippen LogP contribution < -0.4 is 5.32 Å². The largest absolute Gasteiger partial charge is 0.379 e. The fourth-order valence-electron chi connectivity index (χ4n) is 3.40. The molecule has 0 spiro atoms. The van der Waals surface area contributed by atoms with E-state index in [1.807, 2.05) is 7.05 Å². The van der Waals surface area contributed by atoms with Gasteiger partial charge in [0.25, 0.3) is 0 Å². The Bertz CT molecular complexity index is 553. The van der Waals surface area contributed by atoms with E-state index < -0.39 is 0 Å². The Hall–Kier alpha value is -1.18. The third kappa shape index (κ3) is 4.02. The number of ether oxygens (including phenoxy) is 1. The summed E-state index contributed by atoms with van der Waals surface area (Å²) in [6.07, 6.45) is 1.21. The van der Waals surface area contributed by atoms with Gasteiger partial charge in [0.05, 0.1) is 30.5 Å². The number of aromatic nitrogens is 1. The number of aliphatic imine (C=N–C) groups is 1. The van der Waals surface area contributed by atoms with Crippen LogP contribution >= 0.6 is 11.3 Å². The molecule has 1 atom stereocenters. The van der Waals surface area contributed by atoms with Gasteiger partial charge in [-0.25, -0.2) is 4.98 Å². The molecule has 0 radical (unpaired) electrons. The lowest BCUT2D eigenvalue weighted by Gasteiger charge is -2.32. The molecule has 1 aromatic heterocycles. The maximum absolute atomic E-state index is 5.46. The lowest BCUT2D eigenvalue weighted by atomic mass is 10.2. The molecule has 3 rings (SSSR count). The van der Waals surface area contributed by atoms with Crippen LogP contribution in [0.4, 0.5) is 0 Å². The first-order valence-corrected chi connectivity index (χ1v) is 9.19. The zero-order chi connectivity index (χ0) is 16.2. The number of hydrogen-bond acceptors (Lipinski definition) is 5. The van der Waals surface area contributed by atoms with Crippen molar-refractivity contribution < 1.29 is 4.74 Å². The predicted octanol–water partition coefficient (Wildman–Crippen LogP) is 1.24. The number of likely N-dealkylation sites (tertiary alicyclic amines) is 1. The Morgan fingerprint density at radius 2 is 2.13 bits per heavy atom. The maximum atomic E-state index is 5.46. The minimum atomic E-state index is 0.629. The number of morpholine rings is 1. The minimum Gasteiger partial charge on any atom is -0.379 e. The number of nitrogens with one attached hydrogen (secondary N) is 1. The summed E-state index contributed by atoms with van der Waals surface area (Å²) in [5.41, 5.74) is 1.13. The molecule has 23 heavy (non-hydrogen) atoms. The van der Waals surface area contributed by atoms with Gasteiger partial charge in [-0.1, -0.05) is 0 Å². The summed E-state index contributed by atoms with van der Waals surface area (Å²) in [6, 6.07) is 0.629. The molecular formula is C16H27N5OS. The van der Waals surface area contributed by atoms with Gasteiger partial charge in [0.2, 0.25) is 0 Å². The molecule has 1 aromatic rings. The van der Waals surface area contributed by atoms with E-state index in [1.165, 1.54) is 11.3 Å². The van der Waals surface area contributed by atoms with Crippen LogP contribution in [0.1, 0.15) is 22.0 Å². The summed E-state index contributed by atoms with van der Waals surface area (Å²) in [7, 11) is 1.87. The summed E-state index contributed by atoms with van der Waals surface area (Å²) in [5, 5.41) is 4.64. The summed E-state index contributed by atoms with van der Waals surface area (Å²) in [6.45, 7) is 10.9. The summed E-state index contributed by atoms with van der Waals surface area (Å²) in [4.78, 5) is 15.2. The molecule has 1 N–H and O–H groups in total. The fraction of sp³-hybridized carbons (Fsp3) is 0.750. The van der Waals surface area contributed by atoms with Crippen LogP contribution in [-0.4, -0.2) is 73.2 Å². The zero-order valence-corrected chi connectivity index (χ0v) is 15.2. The van der Waals surface area contributed by atoms with Crippen molar-refractivity contribution in [2.24, 2.45) is 4.99 Å². The van der Waals surface area contributed by atoms with Gasteiger partial charge < -0.3 is 15.0 Å². The number of nitrogens with zero attached hydrogens (tertiary/aromatic N) is 4. The molecule has 2 aliphatic heterocycles. The molecule has 3 heterocycles. The topological polar surface area (TPSA) is 53.0 Å². The monoisotopic (exact) mass is 337 g/mol. The van der Waals surface area contributed by atoms with Crippen LogP contribution in [-0.2, 0) is 11.3 Å². The Labute approximate surface area is 142 Å². The fourth-order valence-corrected chi connectivity index (χ4v) is 4.28. The van der Waals surface area contributed by atoms with E-state index in [2.05, 4.69) is 38.9 Å². The van der Waals surface area contributed by atoms with Crippen LogP contribution in [0.3, 0.4) is 0 Å². The van der Waals surface area contributed by atoms with Crippen molar-refractivity contribution in [3.8, 4) is 0 Å². The third-order valence-corrected chi connectivity index (χ3v) is 5.72. The molecule has 6 nitrogen and oxygen atoms in total. The second-order valence-electron chi connectivity index (χ2n) is 6.18. The van der Waals surface area contributed by atoms with Crippen LogP contribution in [0.2, 0.25) is 0 Å². The number of hydrogen-bond donors (Lipinski definition) is 1. The van der Waals surface area contributed by atoms with Gasteiger partial charge in [-0.15, -0.1) is 11.3 Å². The standard InChI is InChI=1S/C16H27N5OS/c1-12-15(23-13(2)19-12)10-18-16(17-3)21-5-4-14(11-21)20-6-8-22-9-7-20/h14H,4-11H2,1-3H3,(H,17,18). The molecular weight excluding hydrogens is 310 g/mol. The van der Waals surface area contributed by atoms with E-state index in [9.17, 15) is 0 Å². The highest BCUT2D eigenvalue weighted by atomic mass is 32.1. The number of rotatable bonds is 3. The molecule has 1 unspecified atom stereocenters. The first-order chi connectivity index (χ1) is 11.2. The lowest BCUT2D eigenvalue weighted by molar-refractivity contribution is 0.0195. The second-order valence-corrected chi connectivity index (χ2v) is 7.47. The van der Waals surface area contributed by atoms with Crippen molar-refractivity contribution in [1.29, 1.82) is 0 Å². The summed E-state index contributed by atoms with van der Waals surface area (Å²) >= 11 is 1.76. The maximum Gasteiger partial charge on any atom is 0.193 e. The van der Waals surface area contributed by atoms with E-state index in [0.29, 0.717) is 6.04 Å².